The molecule has 0 aromatic heterocycles. The maximum atomic E-state index is 13.0. The van der Waals surface area contributed by atoms with E-state index < -0.39 is 10.0 Å². The summed E-state index contributed by atoms with van der Waals surface area (Å²) >= 11 is 0. The average molecular weight is 365 g/mol. The van der Waals surface area contributed by atoms with Crippen molar-refractivity contribution in [3.63, 3.8) is 0 Å². The zero-order valence-corrected chi connectivity index (χ0v) is 16.2. The van der Waals surface area contributed by atoms with Crippen LogP contribution in [0.15, 0.2) is 29.2 Å². The highest BCUT2D eigenvalue weighted by Crippen LogP contribution is 2.40. The fraction of sp³-hybridized carbons (Fsp3) is 0.632. The van der Waals surface area contributed by atoms with Gasteiger partial charge in [-0.2, -0.15) is 4.31 Å². The second-order valence-electron chi connectivity index (χ2n) is 7.87. The number of likely N-dealkylation sites (tertiary alicyclic amines) is 1. The minimum Gasteiger partial charge on any atom is -0.340 e. The average Bonchev–Trinajstić information content (AvgIpc) is 2.58. The predicted octanol–water partition coefficient (Wildman–Crippen LogP) is 2.80. The summed E-state index contributed by atoms with van der Waals surface area (Å²) in [4.78, 5) is 14.5. The molecule has 2 fully saturated rings. The van der Waals surface area contributed by atoms with E-state index in [1.54, 1.807) is 16.4 Å². The first-order chi connectivity index (χ1) is 11.7. The number of piperidine rings is 2. The third kappa shape index (κ3) is 3.60. The molecule has 2 saturated heterocycles. The molecule has 1 aromatic carbocycles. The molecular formula is C19H28N2O3S. The van der Waals surface area contributed by atoms with Crippen molar-refractivity contribution in [3.8, 4) is 0 Å². The van der Waals surface area contributed by atoms with Crippen LogP contribution in [0.4, 0.5) is 0 Å². The molecule has 6 heteroatoms. The highest BCUT2D eigenvalue weighted by Gasteiger charge is 2.44. The standard InChI is InChI=1S/C19H28N2O3S/c1-15(2)21-14-19(11-9-18(21)22)10-4-12-20(13-19)25(23,24)17-7-5-16(3)6-8-17/h5-8,15H,4,9-14H2,1-3H3/t19-/m1/s1. The Morgan fingerprint density at radius 2 is 1.76 bits per heavy atom. The van der Waals surface area contributed by atoms with Crippen molar-refractivity contribution in [3.05, 3.63) is 29.8 Å². The predicted molar refractivity (Wildman–Crippen MR) is 97.7 cm³/mol. The molecule has 1 spiro atoms. The number of carbonyl (C=O) groups excluding carboxylic acids is 1. The topological polar surface area (TPSA) is 57.7 Å². The number of aryl methyl sites for hydroxylation is 1. The van der Waals surface area contributed by atoms with Crippen LogP contribution in [0, 0.1) is 12.3 Å². The molecule has 1 atom stereocenters. The number of hydrogen-bond acceptors (Lipinski definition) is 3. The van der Waals surface area contributed by atoms with Crippen LogP contribution >= 0.6 is 0 Å². The van der Waals surface area contributed by atoms with Gasteiger partial charge < -0.3 is 4.90 Å². The van der Waals surface area contributed by atoms with Gasteiger partial charge in [-0.3, -0.25) is 4.79 Å². The first-order valence-corrected chi connectivity index (χ1v) is 10.5. The van der Waals surface area contributed by atoms with Crippen LogP contribution in [-0.2, 0) is 14.8 Å². The zero-order chi connectivity index (χ0) is 18.2. The second kappa shape index (κ2) is 6.72. The molecule has 0 saturated carbocycles. The smallest absolute Gasteiger partial charge is 0.243 e. The van der Waals surface area contributed by atoms with Gasteiger partial charge in [0.1, 0.15) is 0 Å². The summed E-state index contributed by atoms with van der Waals surface area (Å²) in [6.07, 6.45) is 3.15. The molecule has 0 unspecified atom stereocenters. The maximum absolute atomic E-state index is 13.0. The molecular weight excluding hydrogens is 336 g/mol. The minimum absolute atomic E-state index is 0.103. The Balaban J connectivity index is 1.83. The number of amides is 1. The van der Waals surface area contributed by atoms with Crippen molar-refractivity contribution >= 4 is 15.9 Å². The Labute approximate surface area is 151 Å². The fourth-order valence-corrected chi connectivity index (χ4v) is 5.67. The lowest BCUT2D eigenvalue weighted by atomic mass is 9.74. The van der Waals surface area contributed by atoms with Crippen molar-refractivity contribution in [1.29, 1.82) is 0 Å². The molecule has 2 aliphatic heterocycles. The summed E-state index contributed by atoms with van der Waals surface area (Å²) in [5.41, 5.74) is 0.946. The largest absolute Gasteiger partial charge is 0.340 e. The van der Waals surface area contributed by atoms with Gasteiger partial charge in [-0.05, 0) is 52.2 Å². The van der Waals surface area contributed by atoms with Crippen molar-refractivity contribution in [1.82, 2.24) is 9.21 Å². The van der Waals surface area contributed by atoms with Crippen molar-refractivity contribution in [2.45, 2.75) is 57.4 Å². The van der Waals surface area contributed by atoms with Gasteiger partial charge in [0.15, 0.2) is 0 Å². The fourth-order valence-electron chi connectivity index (χ4n) is 4.08. The van der Waals surface area contributed by atoms with Gasteiger partial charge in [-0.15, -0.1) is 0 Å². The van der Waals surface area contributed by atoms with Crippen LogP contribution in [-0.4, -0.2) is 49.2 Å². The molecule has 5 nitrogen and oxygen atoms in total. The van der Waals surface area contributed by atoms with Crippen LogP contribution in [0.3, 0.4) is 0 Å². The second-order valence-corrected chi connectivity index (χ2v) is 9.81. The van der Waals surface area contributed by atoms with E-state index in [2.05, 4.69) is 0 Å². The first kappa shape index (κ1) is 18.4. The normalized spacial score (nSPS) is 25.8. The van der Waals surface area contributed by atoms with Crippen LogP contribution < -0.4 is 0 Å². The maximum Gasteiger partial charge on any atom is 0.243 e. The van der Waals surface area contributed by atoms with Gasteiger partial charge in [0, 0.05) is 37.5 Å². The number of nitrogens with zero attached hydrogens (tertiary/aromatic N) is 2. The van der Waals surface area contributed by atoms with E-state index in [1.807, 2.05) is 37.8 Å². The Morgan fingerprint density at radius 1 is 1.08 bits per heavy atom. The summed E-state index contributed by atoms with van der Waals surface area (Å²) in [5.74, 6) is 0.194. The number of carbonyl (C=O) groups is 1. The lowest BCUT2D eigenvalue weighted by Gasteiger charge is -2.48. The van der Waals surface area contributed by atoms with E-state index in [4.69, 9.17) is 0 Å². The lowest BCUT2D eigenvalue weighted by Crippen LogP contribution is -2.56. The molecule has 0 N–H and O–H groups in total. The first-order valence-electron chi connectivity index (χ1n) is 9.10. The number of benzene rings is 1. The summed E-state index contributed by atoms with van der Waals surface area (Å²) in [6.45, 7) is 7.75. The number of hydrogen-bond donors (Lipinski definition) is 0. The van der Waals surface area contributed by atoms with E-state index in [1.165, 1.54) is 0 Å². The Morgan fingerprint density at radius 3 is 2.40 bits per heavy atom. The Kier molecular flexibility index (Phi) is 4.95. The van der Waals surface area contributed by atoms with Gasteiger partial charge in [-0.25, -0.2) is 8.42 Å². The van der Waals surface area contributed by atoms with E-state index in [0.29, 0.717) is 31.0 Å². The summed E-state index contributed by atoms with van der Waals surface area (Å²) in [7, 11) is -3.48. The van der Waals surface area contributed by atoms with Gasteiger partial charge in [0.05, 0.1) is 4.90 Å². The molecule has 25 heavy (non-hydrogen) atoms. The zero-order valence-electron chi connectivity index (χ0n) is 15.4. The summed E-state index contributed by atoms with van der Waals surface area (Å²) < 4.78 is 27.7. The monoisotopic (exact) mass is 364 g/mol. The quantitative estimate of drug-likeness (QED) is 0.829. The van der Waals surface area contributed by atoms with Crippen LogP contribution in [0.2, 0.25) is 0 Å². The molecule has 0 aliphatic carbocycles. The summed E-state index contributed by atoms with van der Waals surface area (Å²) in [6, 6.07) is 7.22. The molecule has 1 amide bonds. The molecule has 138 valence electrons. The molecule has 0 bridgehead atoms. The van der Waals surface area contributed by atoms with Gasteiger partial charge in [-0.1, -0.05) is 17.7 Å². The van der Waals surface area contributed by atoms with Crippen LogP contribution in [0.1, 0.15) is 45.1 Å². The highest BCUT2D eigenvalue weighted by molar-refractivity contribution is 7.89. The van der Waals surface area contributed by atoms with Crippen molar-refractivity contribution < 1.29 is 13.2 Å². The molecule has 1 aromatic rings. The van der Waals surface area contributed by atoms with Crippen molar-refractivity contribution in [2.24, 2.45) is 5.41 Å². The van der Waals surface area contributed by atoms with Gasteiger partial charge in [0.25, 0.3) is 0 Å². The minimum atomic E-state index is -3.48. The van der Waals surface area contributed by atoms with Gasteiger partial charge >= 0.3 is 0 Å². The van der Waals surface area contributed by atoms with E-state index in [0.717, 1.165) is 24.8 Å². The lowest BCUT2D eigenvalue weighted by molar-refractivity contribution is -0.140. The van der Waals surface area contributed by atoms with E-state index >= 15 is 0 Å². The van der Waals surface area contributed by atoms with Gasteiger partial charge in [0.2, 0.25) is 15.9 Å². The third-order valence-corrected chi connectivity index (χ3v) is 7.46. The van der Waals surface area contributed by atoms with E-state index in [9.17, 15) is 13.2 Å². The summed E-state index contributed by atoms with van der Waals surface area (Å²) in [5, 5.41) is 0. The third-order valence-electron chi connectivity index (χ3n) is 5.60. The number of rotatable bonds is 3. The molecule has 2 aliphatic rings. The number of sulfonamides is 1. The van der Waals surface area contributed by atoms with Crippen LogP contribution in [0.5, 0.6) is 0 Å². The van der Waals surface area contributed by atoms with Crippen molar-refractivity contribution in [2.75, 3.05) is 19.6 Å². The highest BCUT2D eigenvalue weighted by atomic mass is 32.2. The SMILES string of the molecule is Cc1ccc(S(=O)(=O)N2CCC[C@@]3(CCC(=O)N(C(C)C)C3)C2)cc1. The van der Waals surface area contributed by atoms with Crippen LogP contribution in [0.25, 0.3) is 0 Å². The molecule has 3 rings (SSSR count). The molecule has 0 radical (unpaired) electrons. The molecule has 2 heterocycles. The van der Waals surface area contributed by atoms with E-state index in [-0.39, 0.29) is 17.4 Å². The Hall–Kier alpha value is -1.40. The Bertz CT molecular complexity index is 742.